The number of hydrogen-bond donors (Lipinski definition) is 3. The third kappa shape index (κ3) is 5.71. The molecule has 0 aliphatic carbocycles. The summed E-state index contributed by atoms with van der Waals surface area (Å²) < 4.78 is 53.4. The van der Waals surface area contributed by atoms with Gasteiger partial charge in [-0.25, -0.2) is 17.7 Å². The van der Waals surface area contributed by atoms with Crippen molar-refractivity contribution in [1.29, 1.82) is 0 Å². The maximum absolute atomic E-state index is 13.3. The van der Waals surface area contributed by atoms with Gasteiger partial charge in [0.2, 0.25) is 0 Å². The van der Waals surface area contributed by atoms with Crippen molar-refractivity contribution in [2.24, 2.45) is 5.73 Å². The molecular weight excluding hydrogens is 286 g/mol. The van der Waals surface area contributed by atoms with Crippen molar-refractivity contribution in [3.8, 4) is 0 Å². The normalized spacial score (nSPS) is 13.6. The third-order valence-corrected chi connectivity index (χ3v) is 2.82. The van der Waals surface area contributed by atoms with E-state index in [-0.39, 0.29) is 18.4 Å². The predicted molar refractivity (Wildman–Crippen MR) is 60.6 cm³/mol. The molecule has 108 valence electrons. The summed E-state index contributed by atoms with van der Waals surface area (Å²) in [5.41, 5.74) is 5.42. The van der Waals surface area contributed by atoms with Gasteiger partial charge in [-0.1, -0.05) is 0 Å². The molecule has 0 amide bonds. The molecular formula is C10H13F3NO4P. The van der Waals surface area contributed by atoms with Crippen molar-refractivity contribution in [3.05, 3.63) is 35.1 Å². The van der Waals surface area contributed by atoms with Gasteiger partial charge in [-0.3, -0.25) is 4.52 Å². The van der Waals surface area contributed by atoms with Gasteiger partial charge in [0.05, 0.1) is 6.61 Å². The summed E-state index contributed by atoms with van der Waals surface area (Å²) >= 11 is 0. The molecule has 1 aromatic rings. The molecule has 1 aromatic carbocycles. The number of hydrogen-bond acceptors (Lipinski definition) is 3. The highest BCUT2D eigenvalue weighted by atomic mass is 31.2. The van der Waals surface area contributed by atoms with Crippen LogP contribution in [0.1, 0.15) is 12.0 Å². The van der Waals surface area contributed by atoms with Crippen molar-refractivity contribution >= 4 is 7.82 Å². The second kappa shape index (κ2) is 6.49. The fourth-order valence-corrected chi connectivity index (χ4v) is 1.76. The number of halogens is 3. The summed E-state index contributed by atoms with van der Waals surface area (Å²) in [5.74, 6) is -3.35. The number of phosphoric acid groups is 1. The molecule has 0 aliphatic rings. The summed E-state index contributed by atoms with van der Waals surface area (Å²) in [6.07, 6.45) is 0.0940. The molecule has 0 bridgehead atoms. The molecule has 5 nitrogen and oxygen atoms in total. The number of rotatable bonds is 6. The van der Waals surface area contributed by atoms with Gasteiger partial charge in [-0.2, -0.15) is 0 Å². The van der Waals surface area contributed by atoms with Crippen molar-refractivity contribution in [2.45, 2.75) is 18.9 Å². The van der Waals surface area contributed by atoms with Gasteiger partial charge < -0.3 is 15.5 Å². The molecule has 1 rings (SSSR count). The van der Waals surface area contributed by atoms with E-state index in [2.05, 4.69) is 4.52 Å². The zero-order valence-corrected chi connectivity index (χ0v) is 10.6. The average Bonchev–Trinajstić information content (AvgIpc) is 2.28. The van der Waals surface area contributed by atoms with E-state index >= 15 is 0 Å². The Morgan fingerprint density at radius 1 is 1.21 bits per heavy atom. The average molecular weight is 299 g/mol. The van der Waals surface area contributed by atoms with Gasteiger partial charge in [0.25, 0.3) is 0 Å². The van der Waals surface area contributed by atoms with Crippen LogP contribution in [-0.4, -0.2) is 22.4 Å². The van der Waals surface area contributed by atoms with Crippen LogP contribution in [0.15, 0.2) is 12.1 Å². The fraction of sp³-hybridized carbons (Fsp3) is 0.400. The number of phosphoric ester groups is 1. The summed E-state index contributed by atoms with van der Waals surface area (Å²) in [4.78, 5) is 16.9. The molecule has 0 aromatic heterocycles. The zero-order chi connectivity index (χ0) is 14.6. The lowest BCUT2D eigenvalue weighted by atomic mass is 10.1. The van der Waals surface area contributed by atoms with E-state index in [4.69, 9.17) is 15.5 Å². The number of nitrogens with two attached hydrogens (primary N) is 1. The Morgan fingerprint density at radius 3 is 2.37 bits per heavy atom. The highest BCUT2D eigenvalue weighted by molar-refractivity contribution is 7.46. The van der Waals surface area contributed by atoms with E-state index in [9.17, 15) is 17.7 Å². The second-order valence-corrected chi connectivity index (χ2v) is 5.18. The van der Waals surface area contributed by atoms with Gasteiger partial charge in [0, 0.05) is 12.1 Å². The Bertz CT molecular complexity index is 494. The fourth-order valence-electron chi connectivity index (χ4n) is 1.37. The van der Waals surface area contributed by atoms with E-state index in [1.165, 1.54) is 0 Å². The van der Waals surface area contributed by atoms with Gasteiger partial charge in [-0.05, 0) is 24.5 Å². The molecule has 1 unspecified atom stereocenters. The highest BCUT2D eigenvalue weighted by Crippen LogP contribution is 2.35. The molecule has 4 N–H and O–H groups in total. The third-order valence-electron chi connectivity index (χ3n) is 2.33. The SMILES string of the molecule is NC(CCc1cc(F)c(F)cc1F)COP(=O)(O)O. The Hall–Kier alpha value is -0.920. The Labute approximate surface area is 107 Å². The van der Waals surface area contributed by atoms with Crippen LogP contribution in [0.25, 0.3) is 0 Å². The van der Waals surface area contributed by atoms with E-state index in [0.29, 0.717) is 6.07 Å². The predicted octanol–water partition coefficient (Wildman–Crippen LogP) is 1.47. The van der Waals surface area contributed by atoms with Gasteiger partial charge in [-0.15, -0.1) is 0 Å². The summed E-state index contributed by atoms with van der Waals surface area (Å²) in [5, 5.41) is 0. The lowest BCUT2D eigenvalue weighted by molar-refractivity contribution is 0.184. The van der Waals surface area contributed by atoms with Gasteiger partial charge in [0.15, 0.2) is 11.6 Å². The van der Waals surface area contributed by atoms with Gasteiger partial charge in [0.1, 0.15) is 5.82 Å². The molecule has 9 heteroatoms. The lowest BCUT2D eigenvalue weighted by Gasteiger charge is -2.13. The minimum absolute atomic E-state index is 0.00524. The minimum Gasteiger partial charge on any atom is -0.326 e. The monoisotopic (exact) mass is 299 g/mol. The molecule has 19 heavy (non-hydrogen) atoms. The molecule has 0 saturated carbocycles. The zero-order valence-electron chi connectivity index (χ0n) is 9.72. The highest BCUT2D eigenvalue weighted by Gasteiger charge is 2.17. The molecule has 0 spiro atoms. The molecule has 1 atom stereocenters. The van der Waals surface area contributed by atoms with Crippen molar-refractivity contribution < 1.29 is 32.0 Å². The number of benzene rings is 1. The van der Waals surface area contributed by atoms with Crippen LogP contribution in [0.4, 0.5) is 13.2 Å². The quantitative estimate of drug-likeness (QED) is 0.546. The summed E-state index contributed by atoms with van der Waals surface area (Å²) in [6.45, 7) is -0.421. The molecule has 0 aliphatic heterocycles. The first kappa shape index (κ1) is 16.1. The van der Waals surface area contributed by atoms with Crippen LogP contribution in [0.5, 0.6) is 0 Å². The summed E-state index contributed by atoms with van der Waals surface area (Å²) in [7, 11) is -4.60. The smallest absolute Gasteiger partial charge is 0.326 e. The van der Waals surface area contributed by atoms with Crippen LogP contribution >= 0.6 is 7.82 Å². The van der Waals surface area contributed by atoms with Crippen molar-refractivity contribution in [2.75, 3.05) is 6.61 Å². The first-order chi connectivity index (χ1) is 8.69. The molecule has 0 heterocycles. The van der Waals surface area contributed by atoms with E-state index in [1.54, 1.807) is 0 Å². The van der Waals surface area contributed by atoms with E-state index < -0.39 is 37.9 Å². The molecule has 0 fully saturated rings. The van der Waals surface area contributed by atoms with Crippen molar-refractivity contribution in [3.63, 3.8) is 0 Å². The maximum Gasteiger partial charge on any atom is 0.469 e. The molecule has 0 radical (unpaired) electrons. The van der Waals surface area contributed by atoms with Gasteiger partial charge >= 0.3 is 7.82 Å². The number of aryl methyl sites for hydroxylation is 1. The van der Waals surface area contributed by atoms with Crippen LogP contribution < -0.4 is 5.73 Å². The first-order valence-electron chi connectivity index (χ1n) is 5.28. The second-order valence-electron chi connectivity index (χ2n) is 3.94. The largest absolute Gasteiger partial charge is 0.469 e. The standard InChI is InChI=1S/C10H13F3NO4P/c11-8-4-10(13)9(12)3-6(8)1-2-7(14)5-18-19(15,16)17/h3-4,7H,1-2,5,14H2,(H2,15,16,17). The Morgan fingerprint density at radius 2 is 1.79 bits per heavy atom. The first-order valence-corrected chi connectivity index (χ1v) is 6.81. The minimum atomic E-state index is -4.60. The van der Waals surface area contributed by atoms with E-state index in [1.807, 2.05) is 0 Å². The van der Waals surface area contributed by atoms with Crippen LogP contribution in [-0.2, 0) is 15.5 Å². The van der Waals surface area contributed by atoms with E-state index in [0.717, 1.165) is 6.07 Å². The van der Waals surface area contributed by atoms with Crippen LogP contribution in [0, 0.1) is 17.5 Å². The summed E-state index contributed by atoms with van der Waals surface area (Å²) in [6, 6.07) is 0.393. The van der Waals surface area contributed by atoms with Crippen LogP contribution in [0.2, 0.25) is 0 Å². The topological polar surface area (TPSA) is 92.8 Å². The Kier molecular flexibility index (Phi) is 5.51. The van der Waals surface area contributed by atoms with Crippen molar-refractivity contribution in [1.82, 2.24) is 0 Å². The van der Waals surface area contributed by atoms with Crippen LogP contribution in [0.3, 0.4) is 0 Å². The maximum atomic E-state index is 13.3. The Balaban J connectivity index is 2.53. The molecule has 0 saturated heterocycles. The lowest BCUT2D eigenvalue weighted by Crippen LogP contribution is -2.26.